The Balaban J connectivity index is 2.00. The van der Waals surface area contributed by atoms with E-state index in [9.17, 15) is 5.11 Å². The minimum absolute atomic E-state index is 0.218. The van der Waals surface area contributed by atoms with E-state index in [2.05, 4.69) is 30.0 Å². The SMILES string of the molecule is CC1(C)CCCC(=Cc2ccc(Cl)s2)C1(O)Cn1cncn1. The topological polar surface area (TPSA) is 50.9 Å². The third kappa shape index (κ3) is 2.85. The molecule has 1 unspecified atom stereocenters. The maximum atomic E-state index is 11.5. The summed E-state index contributed by atoms with van der Waals surface area (Å²) in [5.41, 5.74) is -0.0998. The van der Waals surface area contributed by atoms with Crippen LogP contribution in [0.2, 0.25) is 4.34 Å². The number of rotatable bonds is 3. The lowest BCUT2D eigenvalue weighted by molar-refractivity contribution is -0.0691. The van der Waals surface area contributed by atoms with E-state index in [0.717, 1.165) is 34.0 Å². The van der Waals surface area contributed by atoms with Crippen molar-refractivity contribution >= 4 is 29.0 Å². The molecular weight excluding hydrogens is 318 g/mol. The lowest BCUT2D eigenvalue weighted by atomic mass is 9.62. The highest BCUT2D eigenvalue weighted by atomic mass is 35.5. The maximum absolute atomic E-state index is 11.5. The molecule has 22 heavy (non-hydrogen) atoms. The molecule has 0 amide bonds. The normalized spacial score (nSPS) is 26.5. The summed E-state index contributed by atoms with van der Waals surface area (Å²) in [5, 5.41) is 15.7. The molecule has 2 aromatic rings. The van der Waals surface area contributed by atoms with Gasteiger partial charge in [-0.1, -0.05) is 25.4 Å². The van der Waals surface area contributed by atoms with E-state index >= 15 is 0 Å². The number of aliphatic hydroxyl groups is 1. The van der Waals surface area contributed by atoms with Gasteiger partial charge in [0.1, 0.15) is 18.3 Å². The molecule has 0 saturated heterocycles. The van der Waals surface area contributed by atoms with Crippen LogP contribution in [0.15, 0.2) is 30.4 Å². The molecule has 2 aromatic heterocycles. The fraction of sp³-hybridized carbons (Fsp3) is 0.500. The molecule has 6 heteroatoms. The van der Waals surface area contributed by atoms with Crippen LogP contribution in [0.3, 0.4) is 0 Å². The van der Waals surface area contributed by atoms with Crippen LogP contribution in [0.25, 0.3) is 6.08 Å². The van der Waals surface area contributed by atoms with Gasteiger partial charge in [0.15, 0.2) is 0 Å². The molecule has 0 bridgehead atoms. The lowest BCUT2D eigenvalue weighted by Crippen LogP contribution is -2.52. The van der Waals surface area contributed by atoms with Crippen LogP contribution < -0.4 is 0 Å². The lowest BCUT2D eigenvalue weighted by Gasteiger charge is -2.48. The van der Waals surface area contributed by atoms with Gasteiger partial charge in [0, 0.05) is 4.88 Å². The third-order valence-electron chi connectivity index (χ3n) is 4.67. The zero-order valence-electron chi connectivity index (χ0n) is 12.8. The van der Waals surface area contributed by atoms with Gasteiger partial charge in [-0.25, -0.2) is 9.67 Å². The summed E-state index contributed by atoms with van der Waals surface area (Å²) in [5.74, 6) is 0. The van der Waals surface area contributed by atoms with Crippen molar-refractivity contribution in [1.29, 1.82) is 0 Å². The van der Waals surface area contributed by atoms with Crippen molar-refractivity contribution in [3.8, 4) is 0 Å². The second-order valence-electron chi connectivity index (χ2n) is 6.50. The predicted octanol–water partition coefficient (Wildman–Crippen LogP) is 4.02. The van der Waals surface area contributed by atoms with E-state index in [4.69, 9.17) is 11.6 Å². The zero-order valence-corrected chi connectivity index (χ0v) is 14.4. The second kappa shape index (κ2) is 5.80. The highest BCUT2D eigenvalue weighted by Crippen LogP contribution is 2.48. The molecule has 3 rings (SSSR count). The monoisotopic (exact) mass is 337 g/mol. The van der Waals surface area contributed by atoms with Gasteiger partial charge in [-0.15, -0.1) is 11.3 Å². The van der Waals surface area contributed by atoms with Gasteiger partial charge < -0.3 is 5.11 Å². The molecular formula is C16H20ClN3OS. The van der Waals surface area contributed by atoms with E-state index < -0.39 is 5.60 Å². The number of nitrogens with zero attached hydrogens (tertiary/aromatic N) is 3. The molecule has 4 nitrogen and oxygen atoms in total. The van der Waals surface area contributed by atoms with E-state index in [1.165, 1.54) is 17.7 Å². The van der Waals surface area contributed by atoms with Crippen LogP contribution in [0.1, 0.15) is 38.0 Å². The van der Waals surface area contributed by atoms with E-state index in [-0.39, 0.29) is 5.41 Å². The average molecular weight is 338 g/mol. The van der Waals surface area contributed by atoms with E-state index in [0.29, 0.717) is 6.54 Å². The highest BCUT2D eigenvalue weighted by Gasteiger charge is 2.48. The minimum Gasteiger partial charge on any atom is -0.383 e. The van der Waals surface area contributed by atoms with Crippen molar-refractivity contribution in [2.75, 3.05) is 0 Å². The van der Waals surface area contributed by atoms with Gasteiger partial charge in [0.05, 0.1) is 10.9 Å². The zero-order chi connectivity index (χ0) is 15.8. The Bertz CT molecular complexity index is 677. The quantitative estimate of drug-likeness (QED) is 0.920. The van der Waals surface area contributed by atoms with Crippen LogP contribution in [0.4, 0.5) is 0 Å². The highest BCUT2D eigenvalue weighted by molar-refractivity contribution is 7.17. The average Bonchev–Trinajstić information content (AvgIpc) is 3.07. The fourth-order valence-electron chi connectivity index (χ4n) is 3.20. The number of halogens is 1. The van der Waals surface area contributed by atoms with Crippen LogP contribution in [-0.2, 0) is 6.54 Å². The smallest absolute Gasteiger partial charge is 0.137 e. The van der Waals surface area contributed by atoms with Gasteiger partial charge in [-0.2, -0.15) is 5.10 Å². The Morgan fingerprint density at radius 1 is 1.45 bits per heavy atom. The Labute approximate surface area is 139 Å². The van der Waals surface area contributed by atoms with E-state index in [1.807, 2.05) is 12.1 Å². The summed E-state index contributed by atoms with van der Waals surface area (Å²) in [6, 6.07) is 3.89. The summed E-state index contributed by atoms with van der Waals surface area (Å²) >= 11 is 7.56. The summed E-state index contributed by atoms with van der Waals surface area (Å²) < 4.78 is 2.48. The molecule has 1 atom stereocenters. The number of thiophene rings is 1. The van der Waals surface area contributed by atoms with Gasteiger partial charge >= 0.3 is 0 Å². The van der Waals surface area contributed by atoms with Gasteiger partial charge in [-0.3, -0.25) is 0 Å². The third-order valence-corrected chi connectivity index (χ3v) is 5.84. The second-order valence-corrected chi connectivity index (χ2v) is 8.25. The van der Waals surface area contributed by atoms with Crippen LogP contribution in [-0.4, -0.2) is 25.5 Å². The van der Waals surface area contributed by atoms with Crippen LogP contribution in [0, 0.1) is 5.41 Å². The van der Waals surface area contributed by atoms with Crippen LogP contribution in [0.5, 0.6) is 0 Å². The van der Waals surface area contributed by atoms with Crippen LogP contribution >= 0.6 is 22.9 Å². The van der Waals surface area contributed by atoms with Gasteiger partial charge in [0.25, 0.3) is 0 Å². The molecule has 1 saturated carbocycles. The predicted molar refractivity (Wildman–Crippen MR) is 89.9 cm³/mol. The first-order valence-corrected chi connectivity index (χ1v) is 8.61. The maximum Gasteiger partial charge on any atom is 0.137 e. The minimum atomic E-state index is -0.935. The number of aromatic nitrogens is 3. The Kier molecular flexibility index (Phi) is 4.14. The van der Waals surface area contributed by atoms with Crippen molar-refractivity contribution in [3.63, 3.8) is 0 Å². The van der Waals surface area contributed by atoms with Crippen molar-refractivity contribution in [3.05, 3.63) is 39.6 Å². The fourth-order valence-corrected chi connectivity index (χ4v) is 4.23. The standard InChI is InChI=1S/C16H20ClN3OS/c1-15(2)7-3-4-12(8-13-5-6-14(17)22-13)16(15,21)9-20-11-18-10-19-20/h5-6,8,10-11,21H,3-4,7,9H2,1-2H3. The van der Waals surface area contributed by atoms with E-state index in [1.54, 1.807) is 11.0 Å². The summed E-state index contributed by atoms with van der Waals surface area (Å²) in [6.07, 6.45) is 8.21. The first-order chi connectivity index (χ1) is 10.4. The molecule has 1 aliphatic carbocycles. The molecule has 118 valence electrons. The number of hydrogen-bond donors (Lipinski definition) is 1. The molecule has 0 aliphatic heterocycles. The summed E-state index contributed by atoms with van der Waals surface area (Å²) in [7, 11) is 0. The Morgan fingerprint density at radius 3 is 2.91 bits per heavy atom. The summed E-state index contributed by atoms with van der Waals surface area (Å²) in [6.45, 7) is 4.67. The molecule has 2 heterocycles. The Morgan fingerprint density at radius 2 is 2.27 bits per heavy atom. The molecule has 1 fully saturated rings. The molecule has 0 radical (unpaired) electrons. The molecule has 0 aromatic carbocycles. The van der Waals surface area contributed by atoms with Crippen molar-refractivity contribution in [2.45, 2.75) is 45.3 Å². The number of hydrogen-bond acceptors (Lipinski definition) is 4. The van der Waals surface area contributed by atoms with Gasteiger partial charge in [0.2, 0.25) is 0 Å². The first kappa shape index (κ1) is 15.7. The van der Waals surface area contributed by atoms with Crippen molar-refractivity contribution < 1.29 is 5.11 Å². The first-order valence-electron chi connectivity index (χ1n) is 7.42. The van der Waals surface area contributed by atoms with Crippen molar-refractivity contribution in [1.82, 2.24) is 14.8 Å². The van der Waals surface area contributed by atoms with Gasteiger partial charge in [-0.05, 0) is 48.5 Å². The van der Waals surface area contributed by atoms with Crippen molar-refractivity contribution in [2.24, 2.45) is 5.41 Å². The Hall–Kier alpha value is -1.17. The molecule has 0 spiro atoms. The molecule has 1 N–H and O–H groups in total. The largest absolute Gasteiger partial charge is 0.383 e. The summed E-state index contributed by atoms with van der Waals surface area (Å²) in [4.78, 5) is 5.06. The molecule has 1 aliphatic rings.